The van der Waals surface area contributed by atoms with Crippen LogP contribution in [0.1, 0.15) is 21.7 Å². The molecule has 3 aromatic rings. The number of non-ortho nitro benzene ring substituents is 1. The van der Waals surface area contributed by atoms with Gasteiger partial charge in [0, 0.05) is 30.2 Å². The van der Waals surface area contributed by atoms with Crippen molar-refractivity contribution in [3.8, 4) is 12.0 Å². The lowest BCUT2D eigenvalue weighted by Crippen LogP contribution is -2.14. The number of nitrogens with one attached hydrogen (secondary N) is 1. The Bertz CT molecular complexity index is 996. The van der Waals surface area contributed by atoms with Crippen molar-refractivity contribution >= 4 is 17.3 Å². The summed E-state index contributed by atoms with van der Waals surface area (Å²) in [6.07, 6.45) is 3.39. The number of amides is 1. The number of hydrogen-bond acceptors (Lipinski definition) is 5. The van der Waals surface area contributed by atoms with Gasteiger partial charge in [0.05, 0.1) is 4.92 Å². The highest BCUT2D eigenvalue weighted by molar-refractivity contribution is 6.07. The van der Waals surface area contributed by atoms with Crippen molar-refractivity contribution < 1.29 is 14.1 Å². The van der Waals surface area contributed by atoms with Crippen LogP contribution in [-0.4, -0.2) is 15.4 Å². The van der Waals surface area contributed by atoms with E-state index in [4.69, 9.17) is 4.42 Å². The Morgan fingerprint density at radius 1 is 1.32 bits per heavy atom. The Hall–Kier alpha value is -3.86. The first kappa shape index (κ1) is 16.0. The lowest BCUT2D eigenvalue weighted by Gasteiger charge is -2.04. The van der Waals surface area contributed by atoms with Crippen molar-refractivity contribution in [1.82, 2.24) is 4.57 Å². The first-order chi connectivity index (χ1) is 12.0. The highest BCUT2D eigenvalue weighted by Crippen LogP contribution is 2.27. The van der Waals surface area contributed by atoms with E-state index in [1.807, 2.05) is 6.07 Å². The molecule has 0 fully saturated rings. The minimum atomic E-state index is -0.572. The maximum absolute atomic E-state index is 12.6. The van der Waals surface area contributed by atoms with Crippen molar-refractivity contribution in [2.75, 3.05) is 5.32 Å². The van der Waals surface area contributed by atoms with Crippen LogP contribution in [0.3, 0.4) is 0 Å². The molecule has 25 heavy (non-hydrogen) atoms. The van der Waals surface area contributed by atoms with E-state index < -0.39 is 10.8 Å². The highest BCUT2D eigenvalue weighted by Gasteiger charge is 2.24. The molecule has 0 bridgehead atoms. The Morgan fingerprint density at radius 3 is 2.68 bits per heavy atom. The molecular weight excluding hydrogens is 324 g/mol. The van der Waals surface area contributed by atoms with Crippen molar-refractivity contribution in [2.24, 2.45) is 0 Å². The zero-order valence-corrected chi connectivity index (χ0v) is 13.1. The Kier molecular flexibility index (Phi) is 4.05. The summed E-state index contributed by atoms with van der Waals surface area (Å²) >= 11 is 0. The van der Waals surface area contributed by atoms with Gasteiger partial charge in [-0.1, -0.05) is 6.07 Å². The van der Waals surface area contributed by atoms with Crippen LogP contribution in [0.5, 0.6) is 0 Å². The van der Waals surface area contributed by atoms with Crippen molar-refractivity contribution in [3.63, 3.8) is 0 Å². The molecule has 2 heterocycles. The number of nitro groups is 1. The average Bonchev–Trinajstić information content (AvgIpc) is 3.21. The molecule has 0 atom stereocenters. The number of nitro benzene ring substituents is 1. The summed E-state index contributed by atoms with van der Waals surface area (Å²) in [6.45, 7) is 1.58. The number of nitrogens with zero attached hydrogens (tertiary/aromatic N) is 3. The van der Waals surface area contributed by atoms with Crippen LogP contribution >= 0.6 is 0 Å². The van der Waals surface area contributed by atoms with E-state index in [0.29, 0.717) is 0 Å². The number of aryl methyl sites for hydroxylation is 1. The third-order valence-electron chi connectivity index (χ3n) is 3.56. The predicted octanol–water partition coefficient (Wildman–Crippen LogP) is 3.41. The van der Waals surface area contributed by atoms with E-state index in [-0.39, 0.29) is 34.1 Å². The molecule has 0 saturated carbocycles. The van der Waals surface area contributed by atoms with E-state index in [1.165, 1.54) is 24.3 Å². The molecule has 8 nitrogen and oxygen atoms in total. The molecule has 0 aliphatic heterocycles. The van der Waals surface area contributed by atoms with Crippen LogP contribution in [-0.2, 0) is 0 Å². The number of aromatic nitrogens is 1. The van der Waals surface area contributed by atoms with Gasteiger partial charge in [-0.15, -0.1) is 0 Å². The minimum absolute atomic E-state index is 0.0941. The molecule has 0 spiro atoms. The topological polar surface area (TPSA) is 114 Å². The summed E-state index contributed by atoms with van der Waals surface area (Å²) in [5, 5.41) is 22.8. The van der Waals surface area contributed by atoms with Gasteiger partial charge < -0.3 is 9.73 Å². The summed E-state index contributed by atoms with van der Waals surface area (Å²) in [4.78, 5) is 22.9. The largest absolute Gasteiger partial charge is 0.443 e. The fraction of sp³-hybridized carbons (Fsp3) is 0.0588. The molecular formula is C17H12N4O4. The van der Waals surface area contributed by atoms with Gasteiger partial charge >= 0.3 is 0 Å². The van der Waals surface area contributed by atoms with Crippen LogP contribution in [0.2, 0.25) is 0 Å². The molecule has 0 radical (unpaired) electrons. The summed E-state index contributed by atoms with van der Waals surface area (Å²) in [6, 6.07) is 11.1. The van der Waals surface area contributed by atoms with Gasteiger partial charge in [-0.3, -0.25) is 19.5 Å². The van der Waals surface area contributed by atoms with Crippen molar-refractivity contribution in [3.05, 3.63) is 75.8 Å². The van der Waals surface area contributed by atoms with E-state index in [0.717, 1.165) is 0 Å². The van der Waals surface area contributed by atoms with Gasteiger partial charge in [0.2, 0.25) is 5.88 Å². The normalized spacial score (nSPS) is 10.2. The lowest BCUT2D eigenvalue weighted by molar-refractivity contribution is -0.384. The first-order valence-corrected chi connectivity index (χ1v) is 7.24. The summed E-state index contributed by atoms with van der Waals surface area (Å²) < 4.78 is 7.17. The van der Waals surface area contributed by atoms with Gasteiger partial charge in [0.1, 0.15) is 23.0 Å². The molecule has 1 amide bonds. The number of anilines is 1. The molecule has 0 aliphatic carbocycles. The Labute approximate surface area is 142 Å². The summed E-state index contributed by atoms with van der Waals surface area (Å²) in [5.41, 5.74) is 0.302. The number of carbonyl (C=O) groups is 1. The zero-order valence-electron chi connectivity index (χ0n) is 13.1. The fourth-order valence-corrected chi connectivity index (χ4v) is 2.45. The van der Waals surface area contributed by atoms with E-state index in [2.05, 4.69) is 5.32 Å². The third-order valence-corrected chi connectivity index (χ3v) is 3.56. The molecule has 124 valence electrons. The number of rotatable bonds is 4. The second kappa shape index (κ2) is 6.33. The van der Waals surface area contributed by atoms with Crippen LogP contribution in [0.25, 0.3) is 5.88 Å². The highest BCUT2D eigenvalue weighted by atomic mass is 16.6. The summed E-state index contributed by atoms with van der Waals surface area (Å²) in [7, 11) is 0. The van der Waals surface area contributed by atoms with Crippen molar-refractivity contribution in [2.45, 2.75) is 6.92 Å². The van der Waals surface area contributed by atoms with Crippen LogP contribution in [0.4, 0.5) is 11.4 Å². The molecule has 2 aromatic heterocycles. The third kappa shape index (κ3) is 2.98. The Morgan fingerprint density at radius 2 is 2.04 bits per heavy atom. The minimum Gasteiger partial charge on any atom is -0.443 e. The van der Waals surface area contributed by atoms with Gasteiger partial charge in [-0.05, 0) is 25.1 Å². The Balaban J connectivity index is 1.97. The van der Waals surface area contributed by atoms with Crippen LogP contribution in [0.15, 0.2) is 53.2 Å². The summed E-state index contributed by atoms with van der Waals surface area (Å²) in [5.74, 6) is -0.0472. The number of furan rings is 1. The predicted molar refractivity (Wildman–Crippen MR) is 88.5 cm³/mol. The smallest absolute Gasteiger partial charge is 0.271 e. The van der Waals surface area contributed by atoms with Gasteiger partial charge in [0.25, 0.3) is 11.6 Å². The van der Waals surface area contributed by atoms with Gasteiger partial charge in [-0.25, -0.2) is 0 Å². The second-order valence-electron chi connectivity index (χ2n) is 5.18. The zero-order chi connectivity index (χ0) is 18.0. The second-order valence-corrected chi connectivity index (χ2v) is 5.18. The van der Waals surface area contributed by atoms with Crippen LogP contribution < -0.4 is 5.32 Å². The molecule has 0 unspecified atom stereocenters. The first-order valence-electron chi connectivity index (χ1n) is 7.24. The maximum Gasteiger partial charge on any atom is 0.271 e. The maximum atomic E-state index is 12.6. The number of nitriles is 1. The van der Waals surface area contributed by atoms with Gasteiger partial charge in [0.15, 0.2) is 0 Å². The standard InChI is InChI=1S/C17H12N4O4/c1-11-15(14(10-18)17(25-11)20-7-2-3-8-20)16(22)19-12-5-4-6-13(9-12)21(23)24/h2-9H,1H3,(H,19,22). The number of carbonyl (C=O) groups excluding carboxylic acids is 1. The molecule has 3 rings (SSSR count). The van der Waals surface area contributed by atoms with Crippen LogP contribution in [0, 0.1) is 28.4 Å². The SMILES string of the molecule is Cc1oc(-n2cccc2)c(C#N)c1C(=O)Nc1cccc([N+](=O)[O-])c1. The number of benzene rings is 1. The average molecular weight is 336 g/mol. The molecule has 0 aliphatic rings. The monoisotopic (exact) mass is 336 g/mol. The molecule has 1 N–H and O–H groups in total. The van der Waals surface area contributed by atoms with E-state index >= 15 is 0 Å². The quantitative estimate of drug-likeness (QED) is 0.579. The van der Waals surface area contributed by atoms with E-state index in [9.17, 15) is 20.2 Å². The molecule has 1 aromatic carbocycles. The lowest BCUT2D eigenvalue weighted by atomic mass is 10.1. The fourth-order valence-electron chi connectivity index (χ4n) is 2.45. The van der Waals surface area contributed by atoms with Crippen molar-refractivity contribution in [1.29, 1.82) is 5.26 Å². The molecule has 8 heteroatoms. The van der Waals surface area contributed by atoms with E-state index in [1.54, 1.807) is 36.0 Å². The van der Waals surface area contributed by atoms with Gasteiger partial charge in [-0.2, -0.15) is 5.26 Å². The molecule has 0 saturated heterocycles. The number of hydrogen-bond donors (Lipinski definition) is 1.